The van der Waals surface area contributed by atoms with E-state index in [2.05, 4.69) is 34.1 Å². The molecule has 1 saturated heterocycles. The molecule has 4 nitrogen and oxygen atoms in total. The molecule has 1 N–H and O–H groups in total. The highest BCUT2D eigenvalue weighted by Gasteiger charge is 2.50. The molecule has 0 aromatic heterocycles. The summed E-state index contributed by atoms with van der Waals surface area (Å²) in [6.07, 6.45) is 4.35. The van der Waals surface area contributed by atoms with Crippen LogP contribution < -0.4 is 9.64 Å². The second-order valence-electron chi connectivity index (χ2n) is 9.15. The van der Waals surface area contributed by atoms with Crippen molar-refractivity contribution in [3.05, 3.63) is 60.2 Å². The number of methoxy groups -OCH3 is 1. The van der Waals surface area contributed by atoms with Crippen molar-refractivity contribution in [2.45, 2.75) is 37.3 Å². The maximum absolute atomic E-state index is 11.2. The lowest BCUT2D eigenvalue weighted by Gasteiger charge is -2.40. The summed E-state index contributed by atoms with van der Waals surface area (Å²) in [5, 5.41) is 11.2. The van der Waals surface area contributed by atoms with Gasteiger partial charge in [-0.1, -0.05) is 42.5 Å². The largest absolute Gasteiger partial charge is 0.495 e. The Morgan fingerprint density at radius 3 is 2.14 bits per heavy atom. The Morgan fingerprint density at radius 1 is 0.862 bits per heavy atom. The predicted molar refractivity (Wildman–Crippen MR) is 116 cm³/mol. The minimum absolute atomic E-state index is 0.607. The molecule has 2 aromatic carbocycles. The summed E-state index contributed by atoms with van der Waals surface area (Å²) in [7, 11) is 1.75. The lowest BCUT2D eigenvalue weighted by atomic mass is 9.89. The highest BCUT2D eigenvalue weighted by molar-refractivity contribution is 5.58. The van der Waals surface area contributed by atoms with Crippen molar-refractivity contribution in [2.75, 3.05) is 38.2 Å². The summed E-state index contributed by atoms with van der Waals surface area (Å²) >= 11 is 0. The standard InChI is InChI=1S/C25H32N2O2/c1-29-24-10-6-5-9-23(24)27-13-11-26(12-14-27)22-15-19-17-25(28,18-20(19)16-22)21-7-3-2-4-8-21/h2-10,19-20,22,28H,11-18H2,1H3. The topological polar surface area (TPSA) is 35.9 Å². The van der Waals surface area contributed by atoms with Crippen LogP contribution >= 0.6 is 0 Å². The normalized spacial score (nSPS) is 32.3. The number of hydrogen-bond donors (Lipinski definition) is 1. The number of para-hydroxylation sites is 2. The number of aliphatic hydroxyl groups is 1. The van der Waals surface area contributed by atoms with Gasteiger partial charge in [-0.2, -0.15) is 0 Å². The van der Waals surface area contributed by atoms with Gasteiger partial charge in [0.25, 0.3) is 0 Å². The summed E-state index contributed by atoms with van der Waals surface area (Å²) in [6.45, 7) is 4.34. The summed E-state index contributed by atoms with van der Waals surface area (Å²) in [5.74, 6) is 2.30. The first-order valence-corrected chi connectivity index (χ1v) is 11.1. The van der Waals surface area contributed by atoms with Gasteiger partial charge in [0.1, 0.15) is 5.75 Å². The molecule has 0 amide bonds. The van der Waals surface area contributed by atoms with E-state index in [9.17, 15) is 5.11 Å². The number of piperazine rings is 1. The number of anilines is 1. The van der Waals surface area contributed by atoms with Crippen molar-refractivity contribution in [1.82, 2.24) is 4.90 Å². The summed E-state index contributed by atoms with van der Waals surface area (Å²) in [4.78, 5) is 5.16. The SMILES string of the molecule is COc1ccccc1N1CCN(C2CC3CC(O)(c4ccccc4)CC3C2)CC1. The maximum atomic E-state index is 11.2. The van der Waals surface area contributed by atoms with Crippen LogP contribution in [-0.2, 0) is 5.60 Å². The molecule has 2 aromatic rings. The third kappa shape index (κ3) is 3.53. The van der Waals surface area contributed by atoms with E-state index in [-0.39, 0.29) is 0 Å². The van der Waals surface area contributed by atoms with Crippen LogP contribution in [0.4, 0.5) is 5.69 Å². The minimum Gasteiger partial charge on any atom is -0.495 e. The Morgan fingerprint density at radius 2 is 1.48 bits per heavy atom. The third-order valence-corrected chi connectivity index (χ3v) is 7.58. The summed E-state index contributed by atoms with van der Waals surface area (Å²) in [6, 6.07) is 19.3. The van der Waals surface area contributed by atoms with E-state index in [0.717, 1.165) is 50.3 Å². The van der Waals surface area contributed by atoms with E-state index >= 15 is 0 Å². The van der Waals surface area contributed by atoms with Crippen molar-refractivity contribution in [1.29, 1.82) is 0 Å². The van der Waals surface area contributed by atoms with Crippen molar-refractivity contribution in [3.8, 4) is 5.75 Å². The van der Waals surface area contributed by atoms with Crippen LogP contribution in [0.5, 0.6) is 5.75 Å². The first-order chi connectivity index (χ1) is 14.2. The molecule has 2 atom stereocenters. The second kappa shape index (κ2) is 7.66. The molecule has 2 aliphatic carbocycles. The Hall–Kier alpha value is -2.04. The molecule has 29 heavy (non-hydrogen) atoms. The Kier molecular flexibility index (Phi) is 5.00. The van der Waals surface area contributed by atoms with Crippen molar-refractivity contribution in [2.24, 2.45) is 11.8 Å². The van der Waals surface area contributed by atoms with Crippen molar-refractivity contribution < 1.29 is 9.84 Å². The zero-order valence-electron chi connectivity index (χ0n) is 17.3. The molecule has 5 rings (SSSR count). The van der Waals surface area contributed by atoms with Crippen LogP contribution in [0.1, 0.15) is 31.2 Å². The summed E-state index contributed by atoms with van der Waals surface area (Å²) in [5.41, 5.74) is 1.71. The van der Waals surface area contributed by atoms with Gasteiger partial charge in [0.05, 0.1) is 18.4 Å². The van der Waals surface area contributed by atoms with Crippen molar-refractivity contribution >= 4 is 5.69 Å². The third-order valence-electron chi connectivity index (χ3n) is 7.58. The Labute approximate surface area is 174 Å². The van der Waals surface area contributed by atoms with E-state index in [1.165, 1.54) is 18.5 Å². The fraction of sp³-hybridized carbons (Fsp3) is 0.520. The van der Waals surface area contributed by atoms with Gasteiger partial charge in [0.2, 0.25) is 0 Å². The minimum atomic E-state index is -0.607. The van der Waals surface area contributed by atoms with Gasteiger partial charge in [-0.05, 0) is 55.2 Å². The van der Waals surface area contributed by atoms with Crippen LogP contribution in [0.15, 0.2) is 54.6 Å². The Balaban J connectivity index is 1.18. The van der Waals surface area contributed by atoms with Gasteiger partial charge in [-0.3, -0.25) is 4.90 Å². The molecule has 154 valence electrons. The monoisotopic (exact) mass is 392 g/mol. The molecule has 1 aliphatic heterocycles. The van der Waals surface area contributed by atoms with Crippen LogP contribution in [0.3, 0.4) is 0 Å². The molecule has 0 spiro atoms. The number of ether oxygens (including phenoxy) is 1. The highest BCUT2D eigenvalue weighted by Crippen LogP contribution is 2.53. The number of hydrogen-bond acceptors (Lipinski definition) is 4. The van der Waals surface area contributed by atoms with Gasteiger partial charge in [0.15, 0.2) is 0 Å². The molecule has 3 aliphatic rings. The summed E-state index contributed by atoms with van der Waals surface area (Å²) < 4.78 is 5.55. The predicted octanol–water partition coefficient (Wildman–Crippen LogP) is 3.89. The molecule has 2 saturated carbocycles. The number of nitrogens with zero attached hydrogens (tertiary/aromatic N) is 2. The quantitative estimate of drug-likeness (QED) is 0.856. The van der Waals surface area contributed by atoms with Gasteiger partial charge in [-0.15, -0.1) is 0 Å². The van der Waals surface area contributed by atoms with E-state index < -0.39 is 5.60 Å². The van der Waals surface area contributed by atoms with E-state index in [1.807, 2.05) is 30.3 Å². The number of fused-ring (bicyclic) bond motifs is 1. The second-order valence-corrected chi connectivity index (χ2v) is 9.15. The number of rotatable bonds is 4. The van der Waals surface area contributed by atoms with E-state index in [4.69, 9.17) is 4.74 Å². The lowest BCUT2D eigenvalue weighted by Crippen LogP contribution is -2.50. The molecule has 1 heterocycles. The van der Waals surface area contributed by atoms with Gasteiger partial charge >= 0.3 is 0 Å². The molecule has 2 unspecified atom stereocenters. The van der Waals surface area contributed by atoms with Crippen LogP contribution in [0, 0.1) is 11.8 Å². The zero-order valence-corrected chi connectivity index (χ0v) is 17.3. The van der Waals surface area contributed by atoms with Crippen LogP contribution in [0.2, 0.25) is 0 Å². The van der Waals surface area contributed by atoms with Crippen LogP contribution in [-0.4, -0.2) is 49.3 Å². The van der Waals surface area contributed by atoms with Gasteiger partial charge in [-0.25, -0.2) is 0 Å². The zero-order chi connectivity index (χ0) is 19.8. The highest BCUT2D eigenvalue weighted by atomic mass is 16.5. The van der Waals surface area contributed by atoms with E-state index in [1.54, 1.807) is 7.11 Å². The first-order valence-electron chi connectivity index (χ1n) is 11.1. The van der Waals surface area contributed by atoms with Crippen molar-refractivity contribution in [3.63, 3.8) is 0 Å². The smallest absolute Gasteiger partial charge is 0.142 e. The average Bonchev–Trinajstić information content (AvgIpc) is 3.30. The average molecular weight is 393 g/mol. The van der Waals surface area contributed by atoms with Gasteiger partial charge in [0, 0.05) is 32.2 Å². The molecule has 0 radical (unpaired) electrons. The molecular formula is C25H32N2O2. The molecular weight excluding hydrogens is 360 g/mol. The molecule has 0 bridgehead atoms. The molecule has 4 heteroatoms. The van der Waals surface area contributed by atoms with E-state index in [0.29, 0.717) is 17.9 Å². The van der Waals surface area contributed by atoms with Crippen LogP contribution in [0.25, 0.3) is 0 Å². The Bertz CT molecular complexity index is 818. The maximum Gasteiger partial charge on any atom is 0.142 e. The fourth-order valence-electron chi connectivity index (χ4n) is 6.13. The van der Waals surface area contributed by atoms with Gasteiger partial charge < -0.3 is 14.7 Å². The first kappa shape index (κ1) is 19.0. The molecule has 3 fully saturated rings. The lowest BCUT2D eigenvalue weighted by molar-refractivity contribution is 0.0309. The fourth-order valence-corrected chi connectivity index (χ4v) is 6.13. The number of benzene rings is 2.